The first-order valence-electron chi connectivity index (χ1n) is 6.29. The molecule has 0 unspecified atom stereocenters. The zero-order valence-corrected chi connectivity index (χ0v) is 12.3. The maximum Gasteiger partial charge on any atom is 0.246 e. The molecule has 0 bridgehead atoms. The molecule has 9 heteroatoms. The maximum atomic E-state index is 13.5. The smallest absolute Gasteiger partial charge is 0.246 e. The largest absolute Gasteiger partial charge is 0.325 e. The highest BCUT2D eigenvalue weighted by Gasteiger charge is 2.24. The minimum atomic E-state index is -4.55. The first-order chi connectivity index (χ1) is 10.8. The molecule has 2 aromatic carbocycles. The molecule has 0 atom stereocenters. The van der Waals surface area contributed by atoms with E-state index >= 15 is 0 Å². The second-order valence-corrected chi connectivity index (χ2v) is 6.14. The van der Waals surface area contributed by atoms with Gasteiger partial charge in [-0.1, -0.05) is 12.1 Å². The summed E-state index contributed by atoms with van der Waals surface area (Å²) < 4.78 is 65.4. The Labute approximate surface area is 130 Å². The average Bonchev–Trinajstić information content (AvgIpc) is 2.45. The molecule has 0 fully saturated rings. The molecule has 1 amide bonds. The van der Waals surface area contributed by atoms with E-state index in [4.69, 9.17) is 0 Å². The number of rotatable bonds is 5. The van der Waals surface area contributed by atoms with E-state index in [1.807, 2.05) is 0 Å². The molecule has 2 aromatic rings. The lowest BCUT2D eigenvalue weighted by atomic mass is 10.3. The summed E-state index contributed by atoms with van der Waals surface area (Å²) in [4.78, 5) is 10.5. The molecule has 23 heavy (non-hydrogen) atoms. The Morgan fingerprint density at radius 1 is 1.00 bits per heavy atom. The van der Waals surface area contributed by atoms with Gasteiger partial charge in [0.1, 0.15) is 17.5 Å². The monoisotopic (exact) mass is 344 g/mol. The maximum absolute atomic E-state index is 13.5. The number of nitrogens with one attached hydrogen (secondary N) is 2. The first kappa shape index (κ1) is 17.0. The molecule has 122 valence electrons. The molecule has 2 rings (SSSR count). The van der Waals surface area contributed by atoms with Crippen LogP contribution in [0.5, 0.6) is 0 Å². The fourth-order valence-electron chi connectivity index (χ4n) is 1.74. The van der Waals surface area contributed by atoms with Crippen molar-refractivity contribution < 1.29 is 26.4 Å². The van der Waals surface area contributed by atoms with Crippen LogP contribution in [0.4, 0.5) is 18.9 Å². The quantitative estimate of drug-likeness (QED) is 0.871. The van der Waals surface area contributed by atoms with Crippen LogP contribution in [-0.4, -0.2) is 20.9 Å². The van der Waals surface area contributed by atoms with E-state index in [1.54, 1.807) is 4.72 Å². The highest BCUT2D eigenvalue weighted by Crippen LogP contribution is 2.17. The van der Waals surface area contributed by atoms with Crippen LogP contribution in [0.3, 0.4) is 0 Å². The second kappa shape index (κ2) is 6.80. The van der Waals surface area contributed by atoms with Crippen molar-refractivity contribution >= 4 is 21.6 Å². The van der Waals surface area contributed by atoms with Crippen molar-refractivity contribution in [3.8, 4) is 0 Å². The lowest BCUT2D eigenvalue weighted by Crippen LogP contribution is -2.33. The van der Waals surface area contributed by atoms with Gasteiger partial charge < -0.3 is 5.32 Å². The lowest BCUT2D eigenvalue weighted by molar-refractivity contribution is -0.115. The normalized spacial score (nSPS) is 11.3. The Morgan fingerprint density at radius 2 is 1.61 bits per heavy atom. The minimum Gasteiger partial charge on any atom is -0.325 e. The van der Waals surface area contributed by atoms with E-state index in [0.29, 0.717) is 0 Å². The third-order valence-corrected chi connectivity index (χ3v) is 4.17. The molecule has 0 radical (unpaired) electrons. The van der Waals surface area contributed by atoms with Gasteiger partial charge in [-0.05, 0) is 30.3 Å². The van der Waals surface area contributed by atoms with E-state index in [1.165, 1.54) is 18.2 Å². The van der Waals surface area contributed by atoms with Crippen LogP contribution in [-0.2, 0) is 14.8 Å². The van der Waals surface area contributed by atoms with Crippen molar-refractivity contribution in [3.05, 3.63) is 59.9 Å². The van der Waals surface area contributed by atoms with Crippen molar-refractivity contribution in [2.24, 2.45) is 0 Å². The molecular weight excluding hydrogens is 333 g/mol. The van der Waals surface area contributed by atoms with Gasteiger partial charge in [0.25, 0.3) is 0 Å². The molecule has 5 nitrogen and oxygen atoms in total. The number of benzene rings is 2. The highest BCUT2D eigenvalue weighted by molar-refractivity contribution is 7.89. The third-order valence-electron chi connectivity index (χ3n) is 2.72. The average molecular weight is 344 g/mol. The van der Waals surface area contributed by atoms with E-state index in [0.717, 1.165) is 24.3 Å². The van der Waals surface area contributed by atoms with Gasteiger partial charge in [0.15, 0.2) is 4.90 Å². The SMILES string of the molecule is O=C(CNS(=O)(=O)c1c(F)cccc1F)Nc1cccc(F)c1. The summed E-state index contributed by atoms with van der Waals surface area (Å²) in [6, 6.07) is 7.52. The molecule has 0 aliphatic carbocycles. The van der Waals surface area contributed by atoms with Gasteiger partial charge in [-0.25, -0.2) is 26.3 Å². The number of carbonyl (C=O) groups excluding carboxylic acids is 1. The van der Waals surface area contributed by atoms with Crippen molar-refractivity contribution in [2.45, 2.75) is 4.90 Å². The molecule has 0 aromatic heterocycles. The molecule has 0 saturated carbocycles. The van der Waals surface area contributed by atoms with Crippen LogP contribution in [0.1, 0.15) is 0 Å². The number of hydrogen-bond acceptors (Lipinski definition) is 3. The summed E-state index contributed by atoms with van der Waals surface area (Å²) in [5.74, 6) is -3.96. The number of sulfonamides is 1. The predicted molar refractivity (Wildman–Crippen MR) is 76.6 cm³/mol. The van der Waals surface area contributed by atoms with Gasteiger partial charge in [-0.15, -0.1) is 0 Å². The molecule has 0 spiro atoms. The molecule has 0 heterocycles. The van der Waals surface area contributed by atoms with Crippen molar-refractivity contribution in [2.75, 3.05) is 11.9 Å². The molecular formula is C14H11F3N2O3S. The van der Waals surface area contributed by atoms with Crippen LogP contribution in [0.15, 0.2) is 47.4 Å². The summed E-state index contributed by atoms with van der Waals surface area (Å²) >= 11 is 0. The van der Waals surface area contributed by atoms with Crippen LogP contribution >= 0.6 is 0 Å². The van der Waals surface area contributed by atoms with Crippen LogP contribution in [0.25, 0.3) is 0 Å². The number of hydrogen-bond donors (Lipinski definition) is 2. The molecule has 0 saturated heterocycles. The summed E-state index contributed by atoms with van der Waals surface area (Å²) in [6.45, 7) is -0.771. The predicted octanol–water partition coefficient (Wildman–Crippen LogP) is 2.02. The van der Waals surface area contributed by atoms with Crippen molar-refractivity contribution in [1.29, 1.82) is 0 Å². The fraction of sp³-hybridized carbons (Fsp3) is 0.0714. The fourth-order valence-corrected chi connectivity index (χ4v) is 2.86. The standard InChI is InChI=1S/C14H11F3N2O3S/c15-9-3-1-4-10(7-9)19-13(20)8-18-23(21,22)14-11(16)5-2-6-12(14)17/h1-7,18H,8H2,(H,19,20). The molecule has 0 aliphatic heterocycles. The van der Waals surface area contributed by atoms with Crippen LogP contribution < -0.4 is 10.0 Å². The Hall–Kier alpha value is -2.39. The van der Waals surface area contributed by atoms with Crippen molar-refractivity contribution in [3.63, 3.8) is 0 Å². The van der Waals surface area contributed by atoms with Gasteiger partial charge >= 0.3 is 0 Å². The number of anilines is 1. The van der Waals surface area contributed by atoms with E-state index < -0.39 is 44.8 Å². The summed E-state index contributed by atoms with van der Waals surface area (Å²) in [6.07, 6.45) is 0. The van der Waals surface area contributed by atoms with Gasteiger partial charge in [-0.3, -0.25) is 4.79 Å². The Morgan fingerprint density at radius 3 is 2.22 bits per heavy atom. The van der Waals surface area contributed by atoms with E-state index in [-0.39, 0.29) is 5.69 Å². The minimum absolute atomic E-state index is 0.117. The summed E-state index contributed by atoms with van der Waals surface area (Å²) in [5, 5.41) is 2.24. The molecule has 0 aliphatic rings. The third kappa shape index (κ3) is 4.30. The second-order valence-electron chi connectivity index (χ2n) is 4.43. The van der Waals surface area contributed by atoms with E-state index in [2.05, 4.69) is 5.32 Å². The number of halogens is 3. The Bertz CT molecular complexity index is 821. The number of amides is 1. The lowest BCUT2D eigenvalue weighted by Gasteiger charge is -2.09. The topological polar surface area (TPSA) is 75.3 Å². The first-order valence-corrected chi connectivity index (χ1v) is 7.77. The van der Waals surface area contributed by atoms with Crippen molar-refractivity contribution in [1.82, 2.24) is 4.72 Å². The Kier molecular flexibility index (Phi) is 5.02. The van der Waals surface area contributed by atoms with Gasteiger partial charge in [0, 0.05) is 5.69 Å². The molecule has 2 N–H and O–H groups in total. The van der Waals surface area contributed by atoms with Gasteiger partial charge in [-0.2, -0.15) is 0 Å². The van der Waals surface area contributed by atoms with Crippen LogP contribution in [0.2, 0.25) is 0 Å². The zero-order valence-electron chi connectivity index (χ0n) is 11.5. The van der Waals surface area contributed by atoms with Gasteiger partial charge in [0.2, 0.25) is 15.9 Å². The Balaban J connectivity index is 2.06. The summed E-state index contributed by atoms with van der Waals surface area (Å²) in [5.41, 5.74) is 0.117. The van der Waals surface area contributed by atoms with Crippen LogP contribution in [0, 0.1) is 17.5 Å². The van der Waals surface area contributed by atoms with Gasteiger partial charge in [0.05, 0.1) is 6.54 Å². The zero-order chi connectivity index (χ0) is 17.0. The highest BCUT2D eigenvalue weighted by atomic mass is 32.2. The number of carbonyl (C=O) groups is 1. The van der Waals surface area contributed by atoms with E-state index in [9.17, 15) is 26.4 Å². The summed E-state index contributed by atoms with van der Waals surface area (Å²) in [7, 11) is -4.55.